The molecule has 1 amide bonds. The monoisotopic (exact) mass is 441 g/mol. The third-order valence-electron chi connectivity index (χ3n) is 6.50. The van der Waals surface area contributed by atoms with Gasteiger partial charge < -0.3 is 14.5 Å². The SMILES string of the molecule is Cc1ccc(OCc2nc(CC(=O)N3CCCN(CC4CCCCC4)CC3)cs2)cc1. The zero-order chi connectivity index (χ0) is 21.5. The van der Waals surface area contributed by atoms with Crippen LogP contribution in [0.1, 0.15) is 54.8 Å². The van der Waals surface area contributed by atoms with Crippen LogP contribution in [-0.2, 0) is 17.8 Å². The van der Waals surface area contributed by atoms with E-state index >= 15 is 0 Å². The summed E-state index contributed by atoms with van der Waals surface area (Å²) in [6.07, 6.45) is 8.45. The standard InChI is InChI=1S/C25H35N3O2S/c1-20-8-10-23(11-9-20)30-18-24-26-22(19-31-24)16-25(29)28-13-5-12-27(14-15-28)17-21-6-3-2-4-7-21/h8-11,19,21H,2-7,12-18H2,1H3. The van der Waals surface area contributed by atoms with Crippen molar-refractivity contribution in [2.75, 3.05) is 32.7 Å². The van der Waals surface area contributed by atoms with Crippen LogP contribution < -0.4 is 4.74 Å². The molecule has 0 spiro atoms. The number of rotatable bonds is 7. The fraction of sp³-hybridized carbons (Fsp3) is 0.600. The highest BCUT2D eigenvalue weighted by atomic mass is 32.1. The molecule has 2 aliphatic rings. The molecule has 5 nitrogen and oxygen atoms in total. The van der Waals surface area contributed by atoms with Crippen LogP contribution in [0.15, 0.2) is 29.6 Å². The zero-order valence-electron chi connectivity index (χ0n) is 18.7. The lowest BCUT2D eigenvalue weighted by Gasteiger charge is -2.28. The van der Waals surface area contributed by atoms with Crippen LogP contribution in [-0.4, -0.2) is 53.4 Å². The summed E-state index contributed by atoms with van der Waals surface area (Å²) in [4.78, 5) is 22.1. The molecular formula is C25H35N3O2S. The van der Waals surface area contributed by atoms with Gasteiger partial charge in [-0.15, -0.1) is 11.3 Å². The van der Waals surface area contributed by atoms with E-state index in [2.05, 4.69) is 16.8 Å². The molecule has 0 unspecified atom stereocenters. The van der Waals surface area contributed by atoms with Crippen molar-refractivity contribution in [2.45, 2.75) is 58.5 Å². The third-order valence-corrected chi connectivity index (χ3v) is 7.37. The molecule has 31 heavy (non-hydrogen) atoms. The number of ether oxygens (including phenoxy) is 1. The predicted octanol–water partition coefficient (Wildman–Crippen LogP) is 4.69. The summed E-state index contributed by atoms with van der Waals surface area (Å²) in [5.41, 5.74) is 2.08. The molecule has 1 aliphatic carbocycles. The number of carbonyl (C=O) groups is 1. The van der Waals surface area contributed by atoms with Gasteiger partial charge in [-0.3, -0.25) is 4.79 Å². The lowest BCUT2D eigenvalue weighted by Crippen LogP contribution is -2.37. The van der Waals surface area contributed by atoms with Gasteiger partial charge in [0.05, 0.1) is 12.1 Å². The van der Waals surface area contributed by atoms with Crippen LogP contribution >= 0.6 is 11.3 Å². The topological polar surface area (TPSA) is 45.7 Å². The summed E-state index contributed by atoms with van der Waals surface area (Å²) in [5, 5.41) is 2.91. The Morgan fingerprint density at radius 3 is 2.68 bits per heavy atom. The van der Waals surface area contributed by atoms with Crippen molar-refractivity contribution < 1.29 is 9.53 Å². The minimum atomic E-state index is 0.204. The summed E-state index contributed by atoms with van der Waals surface area (Å²) in [5.74, 6) is 1.92. The maximum absolute atomic E-state index is 12.9. The van der Waals surface area contributed by atoms with E-state index in [1.165, 1.54) is 44.2 Å². The average Bonchev–Trinajstić information content (AvgIpc) is 3.09. The Morgan fingerprint density at radius 2 is 1.87 bits per heavy atom. The summed E-state index contributed by atoms with van der Waals surface area (Å²) in [6, 6.07) is 8.03. The first kappa shape index (κ1) is 22.3. The quantitative estimate of drug-likeness (QED) is 0.625. The van der Waals surface area contributed by atoms with E-state index in [0.717, 1.165) is 55.0 Å². The van der Waals surface area contributed by atoms with Crippen molar-refractivity contribution in [3.63, 3.8) is 0 Å². The Balaban J connectivity index is 1.22. The van der Waals surface area contributed by atoms with Gasteiger partial charge in [-0.1, -0.05) is 37.0 Å². The van der Waals surface area contributed by atoms with E-state index < -0.39 is 0 Å². The fourth-order valence-electron chi connectivity index (χ4n) is 4.68. The molecule has 168 valence electrons. The average molecular weight is 442 g/mol. The molecule has 4 rings (SSSR count). The number of aryl methyl sites for hydroxylation is 1. The van der Waals surface area contributed by atoms with E-state index in [9.17, 15) is 4.79 Å². The van der Waals surface area contributed by atoms with Gasteiger partial charge in [0.25, 0.3) is 0 Å². The van der Waals surface area contributed by atoms with Gasteiger partial charge in [-0.25, -0.2) is 4.98 Å². The molecule has 0 radical (unpaired) electrons. The number of hydrogen-bond donors (Lipinski definition) is 0. The Hall–Kier alpha value is -1.92. The van der Waals surface area contributed by atoms with E-state index in [0.29, 0.717) is 13.0 Å². The highest BCUT2D eigenvalue weighted by Gasteiger charge is 2.22. The normalized spacial score (nSPS) is 18.7. The molecule has 2 aromatic rings. The van der Waals surface area contributed by atoms with E-state index in [1.54, 1.807) is 11.3 Å². The molecule has 2 heterocycles. The summed E-state index contributed by atoms with van der Waals surface area (Å²) >= 11 is 1.57. The lowest BCUT2D eigenvalue weighted by molar-refractivity contribution is -0.130. The van der Waals surface area contributed by atoms with Crippen molar-refractivity contribution >= 4 is 17.2 Å². The number of benzene rings is 1. The third kappa shape index (κ3) is 6.78. The molecule has 0 atom stereocenters. The van der Waals surface area contributed by atoms with Gasteiger partial charge >= 0.3 is 0 Å². The molecule has 0 bridgehead atoms. The molecule has 2 fully saturated rings. The number of nitrogens with zero attached hydrogens (tertiary/aromatic N) is 3. The van der Waals surface area contributed by atoms with Crippen LogP contribution in [0, 0.1) is 12.8 Å². The van der Waals surface area contributed by atoms with Crippen molar-refractivity contribution in [1.82, 2.24) is 14.8 Å². The Morgan fingerprint density at radius 1 is 1.06 bits per heavy atom. The molecule has 1 aliphatic heterocycles. The Bertz CT molecular complexity index is 830. The van der Waals surface area contributed by atoms with Gasteiger partial charge in [0.2, 0.25) is 5.91 Å². The van der Waals surface area contributed by atoms with Crippen LogP contribution in [0.2, 0.25) is 0 Å². The van der Waals surface area contributed by atoms with Crippen molar-refractivity contribution in [2.24, 2.45) is 5.92 Å². The second-order valence-corrected chi connectivity index (χ2v) is 9.99. The molecule has 6 heteroatoms. The highest BCUT2D eigenvalue weighted by Crippen LogP contribution is 2.25. The molecular weight excluding hydrogens is 406 g/mol. The van der Waals surface area contributed by atoms with Gasteiger partial charge in [0, 0.05) is 31.6 Å². The second-order valence-electron chi connectivity index (χ2n) is 9.05. The molecule has 1 saturated heterocycles. The minimum absolute atomic E-state index is 0.204. The number of hydrogen-bond acceptors (Lipinski definition) is 5. The smallest absolute Gasteiger partial charge is 0.228 e. The predicted molar refractivity (Wildman–Crippen MR) is 126 cm³/mol. The maximum Gasteiger partial charge on any atom is 0.228 e. The highest BCUT2D eigenvalue weighted by molar-refractivity contribution is 7.09. The van der Waals surface area contributed by atoms with Crippen LogP contribution in [0.25, 0.3) is 0 Å². The van der Waals surface area contributed by atoms with Crippen LogP contribution in [0.5, 0.6) is 5.75 Å². The first-order chi connectivity index (χ1) is 15.2. The molecule has 1 aromatic heterocycles. The van der Waals surface area contributed by atoms with Gasteiger partial charge in [0.1, 0.15) is 17.4 Å². The Kier molecular flexibility index (Phi) is 7.97. The fourth-order valence-corrected chi connectivity index (χ4v) is 5.39. The minimum Gasteiger partial charge on any atom is -0.486 e. The van der Waals surface area contributed by atoms with Crippen LogP contribution in [0.3, 0.4) is 0 Å². The number of amides is 1. The summed E-state index contributed by atoms with van der Waals surface area (Å²) in [7, 11) is 0. The molecule has 1 saturated carbocycles. The van der Waals surface area contributed by atoms with E-state index in [1.807, 2.05) is 34.5 Å². The number of thiazole rings is 1. The lowest BCUT2D eigenvalue weighted by atomic mass is 9.89. The van der Waals surface area contributed by atoms with E-state index in [-0.39, 0.29) is 5.91 Å². The second kappa shape index (κ2) is 11.1. The van der Waals surface area contributed by atoms with Gasteiger partial charge in [-0.05, 0) is 50.8 Å². The molecule has 1 aromatic carbocycles. The summed E-state index contributed by atoms with van der Waals surface area (Å²) < 4.78 is 5.82. The molecule has 0 N–H and O–H groups in total. The largest absolute Gasteiger partial charge is 0.486 e. The Labute approximate surface area is 190 Å². The first-order valence-electron chi connectivity index (χ1n) is 11.8. The zero-order valence-corrected chi connectivity index (χ0v) is 19.5. The van der Waals surface area contributed by atoms with Crippen molar-refractivity contribution in [3.05, 3.63) is 45.9 Å². The maximum atomic E-state index is 12.9. The summed E-state index contributed by atoms with van der Waals surface area (Å²) in [6.45, 7) is 7.58. The van der Waals surface area contributed by atoms with Crippen molar-refractivity contribution in [1.29, 1.82) is 0 Å². The number of aromatic nitrogens is 1. The first-order valence-corrected chi connectivity index (χ1v) is 12.7. The van der Waals surface area contributed by atoms with Crippen molar-refractivity contribution in [3.8, 4) is 5.75 Å². The van der Waals surface area contributed by atoms with Gasteiger partial charge in [0.15, 0.2) is 0 Å². The number of carbonyl (C=O) groups excluding carboxylic acids is 1. The van der Waals surface area contributed by atoms with E-state index in [4.69, 9.17) is 4.74 Å². The van der Waals surface area contributed by atoms with Gasteiger partial charge in [-0.2, -0.15) is 0 Å². The van der Waals surface area contributed by atoms with Crippen LogP contribution in [0.4, 0.5) is 0 Å².